The first-order valence-corrected chi connectivity index (χ1v) is 4.60. The molecule has 66 valence electrons. The van der Waals surface area contributed by atoms with Crippen LogP contribution in [0.2, 0.25) is 0 Å². The van der Waals surface area contributed by atoms with Crippen molar-refractivity contribution in [1.82, 2.24) is 5.32 Å². The van der Waals surface area contributed by atoms with Crippen LogP contribution in [-0.4, -0.2) is 18.3 Å². The fourth-order valence-electron chi connectivity index (χ4n) is 2.07. The van der Waals surface area contributed by atoms with Gasteiger partial charge in [0.15, 0.2) is 0 Å². The van der Waals surface area contributed by atoms with Crippen molar-refractivity contribution in [3.05, 3.63) is 0 Å². The fourth-order valence-corrected chi connectivity index (χ4v) is 2.07. The summed E-state index contributed by atoms with van der Waals surface area (Å²) in [4.78, 5) is 15.1. The molecule has 1 aliphatic carbocycles. The van der Waals surface area contributed by atoms with Gasteiger partial charge in [-0.1, -0.05) is 6.92 Å². The molecule has 1 amide bonds. The maximum absolute atomic E-state index is 10.9. The lowest BCUT2D eigenvalue weighted by Gasteiger charge is -2.08. The standard InChI is InChI=1S/C9H14N2O/c1-6-2-3-7(4-6)9-10-5-8(12)11-9/h6-7H,2-5H2,1H3,(H,10,11,12). The number of nitrogens with one attached hydrogen (secondary N) is 1. The van der Waals surface area contributed by atoms with Gasteiger partial charge in [-0.3, -0.25) is 9.79 Å². The first-order chi connectivity index (χ1) is 5.75. The summed E-state index contributed by atoms with van der Waals surface area (Å²) in [5.41, 5.74) is 0. The zero-order valence-electron chi connectivity index (χ0n) is 7.34. The van der Waals surface area contributed by atoms with Crippen molar-refractivity contribution in [2.24, 2.45) is 16.8 Å². The molecule has 2 aliphatic rings. The quantitative estimate of drug-likeness (QED) is 0.619. The van der Waals surface area contributed by atoms with Crippen LogP contribution in [0.3, 0.4) is 0 Å². The van der Waals surface area contributed by atoms with Crippen molar-refractivity contribution in [3.63, 3.8) is 0 Å². The average molecular weight is 166 g/mol. The van der Waals surface area contributed by atoms with Crippen LogP contribution in [0.15, 0.2) is 4.99 Å². The summed E-state index contributed by atoms with van der Waals surface area (Å²) in [6.07, 6.45) is 3.67. The average Bonchev–Trinajstić information content (AvgIpc) is 2.58. The van der Waals surface area contributed by atoms with Crippen molar-refractivity contribution in [2.75, 3.05) is 6.54 Å². The second-order valence-corrected chi connectivity index (χ2v) is 3.86. The molecule has 0 aromatic heterocycles. The molecule has 0 spiro atoms. The first-order valence-electron chi connectivity index (χ1n) is 4.60. The maximum Gasteiger partial charge on any atom is 0.247 e. The van der Waals surface area contributed by atoms with Gasteiger partial charge in [-0.25, -0.2) is 0 Å². The molecule has 1 N–H and O–H groups in total. The minimum absolute atomic E-state index is 0.0598. The molecule has 12 heavy (non-hydrogen) atoms. The molecule has 1 saturated carbocycles. The number of carbonyl (C=O) groups excluding carboxylic acids is 1. The number of rotatable bonds is 1. The predicted molar refractivity (Wildman–Crippen MR) is 46.9 cm³/mol. The van der Waals surface area contributed by atoms with Gasteiger partial charge in [-0.15, -0.1) is 0 Å². The topological polar surface area (TPSA) is 41.5 Å². The summed E-state index contributed by atoms with van der Waals surface area (Å²) >= 11 is 0. The summed E-state index contributed by atoms with van der Waals surface area (Å²) < 4.78 is 0. The first kappa shape index (κ1) is 7.77. The molecule has 0 aromatic rings. The number of nitrogens with zero attached hydrogens (tertiary/aromatic N) is 1. The van der Waals surface area contributed by atoms with Gasteiger partial charge in [-0.2, -0.15) is 0 Å². The molecule has 2 atom stereocenters. The largest absolute Gasteiger partial charge is 0.313 e. The minimum Gasteiger partial charge on any atom is -0.313 e. The third-order valence-electron chi connectivity index (χ3n) is 2.74. The van der Waals surface area contributed by atoms with E-state index in [9.17, 15) is 4.79 Å². The van der Waals surface area contributed by atoms with E-state index in [2.05, 4.69) is 17.2 Å². The van der Waals surface area contributed by atoms with Crippen molar-refractivity contribution < 1.29 is 4.79 Å². The second kappa shape index (κ2) is 2.88. The van der Waals surface area contributed by atoms with Crippen molar-refractivity contribution in [3.8, 4) is 0 Å². The van der Waals surface area contributed by atoms with Crippen LogP contribution in [0.5, 0.6) is 0 Å². The SMILES string of the molecule is CC1CCC(C2=NCC(=O)N2)C1. The molecule has 3 nitrogen and oxygen atoms in total. The van der Waals surface area contributed by atoms with E-state index in [1.54, 1.807) is 0 Å². The van der Waals surface area contributed by atoms with Crippen LogP contribution in [0, 0.1) is 11.8 Å². The molecular formula is C9H14N2O. The Labute approximate surface area is 72.3 Å². The summed E-state index contributed by atoms with van der Waals surface area (Å²) in [6.45, 7) is 2.61. The molecule has 2 unspecified atom stereocenters. The number of hydrogen-bond donors (Lipinski definition) is 1. The molecule has 1 aliphatic heterocycles. The van der Waals surface area contributed by atoms with E-state index >= 15 is 0 Å². The van der Waals surface area contributed by atoms with E-state index in [0.29, 0.717) is 12.5 Å². The van der Waals surface area contributed by atoms with Gasteiger partial charge in [0.25, 0.3) is 0 Å². The highest BCUT2D eigenvalue weighted by Crippen LogP contribution is 2.31. The van der Waals surface area contributed by atoms with Gasteiger partial charge in [0.2, 0.25) is 5.91 Å². The monoisotopic (exact) mass is 166 g/mol. The molecule has 0 bridgehead atoms. The van der Waals surface area contributed by atoms with E-state index in [1.807, 2.05) is 0 Å². The highest BCUT2D eigenvalue weighted by atomic mass is 16.2. The Bertz CT molecular complexity index is 235. The third-order valence-corrected chi connectivity index (χ3v) is 2.74. The minimum atomic E-state index is 0.0598. The van der Waals surface area contributed by atoms with E-state index in [-0.39, 0.29) is 5.91 Å². The summed E-state index contributed by atoms with van der Waals surface area (Å²) in [5.74, 6) is 2.34. The fraction of sp³-hybridized carbons (Fsp3) is 0.778. The Morgan fingerprint density at radius 1 is 1.50 bits per heavy atom. The highest BCUT2D eigenvalue weighted by molar-refractivity contribution is 6.05. The summed E-state index contributed by atoms with van der Waals surface area (Å²) in [6, 6.07) is 0. The normalized spacial score (nSPS) is 35.1. The number of aliphatic imine (C=N–C) groups is 1. The number of amides is 1. The van der Waals surface area contributed by atoms with Crippen LogP contribution in [0.4, 0.5) is 0 Å². The van der Waals surface area contributed by atoms with Gasteiger partial charge in [0.1, 0.15) is 12.4 Å². The molecule has 1 heterocycles. The van der Waals surface area contributed by atoms with E-state index in [4.69, 9.17) is 0 Å². The van der Waals surface area contributed by atoms with Crippen LogP contribution >= 0.6 is 0 Å². The van der Waals surface area contributed by atoms with Crippen LogP contribution in [0.1, 0.15) is 26.2 Å². The number of carbonyl (C=O) groups is 1. The summed E-state index contributed by atoms with van der Waals surface area (Å²) in [7, 11) is 0. The van der Waals surface area contributed by atoms with Gasteiger partial charge in [0.05, 0.1) is 0 Å². The molecule has 0 radical (unpaired) electrons. The van der Waals surface area contributed by atoms with Crippen LogP contribution in [-0.2, 0) is 4.79 Å². The summed E-state index contributed by atoms with van der Waals surface area (Å²) in [5, 5.41) is 2.83. The lowest BCUT2D eigenvalue weighted by Crippen LogP contribution is -2.29. The van der Waals surface area contributed by atoms with E-state index in [1.165, 1.54) is 19.3 Å². The number of amidine groups is 1. The third kappa shape index (κ3) is 1.36. The Hall–Kier alpha value is -0.860. The second-order valence-electron chi connectivity index (χ2n) is 3.86. The lowest BCUT2D eigenvalue weighted by atomic mass is 10.1. The molecule has 0 saturated heterocycles. The van der Waals surface area contributed by atoms with E-state index < -0.39 is 0 Å². The zero-order valence-corrected chi connectivity index (χ0v) is 7.34. The van der Waals surface area contributed by atoms with Crippen molar-refractivity contribution >= 4 is 11.7 Å². The zero-order chi connectivity index (χ0) is 8.55. The van der Waals surface area contributed by atoms with Gasteiger partial charge >= 0.3 is 0 Å². The van der Waals surface area contributed by atoms with Crippen LogP contribution in [0.25, 0.3) is 0 Å². The smallest absolute Gasteiger partial charge is 0.247 e. The Kier molecular flexibility index (Phi) is 1.87. The highest BCUT2D eigenvalue weighted by Gasteiger charge is 2.28. The molecule has 2 rings (SSSR count). The Morgan fingerprint density at radius 2 is 2.33 bits per heavy atom. The maximum atomic E-state index is 10.9. The lowest BCUT2D eigenvalue weighted by molar-refractivity contribution is -0.117. The molecule has 0 aromatic carbocycles. The van der Waals surface area contributed by atoms with Gasteiger partial charge < -0.3 is 5.32 Å². The Balaban J connectivity index is 1.98. The van der Waals surface area contributed by atoms with Gasteiger partial charge in [0, 0.05) is 5.92 Å². The molecular weight excluding hydrogens is 152 g/mol. The van der Waals surface area contributed by atoms with Crippen molar-refractivity contribution in [1.29, 1.82) is 0 Å². The number of hydrogen-bond acceptors (Lipinski definition) is 2. The molecule has 1 fully saturated rings. The van der Waals surface area contributed by atoms with E-state index in [0.717, 1.165) is 11.8 Å². The predicted octanol–water partition coefficient (Wildman–Crippen LogP) is 0.951. The Morgan fingerprint density at radius 3 is 2.83 bits per heavy atom. The molecule has 3 heteroatoms. The van der Waals surface area contributed by atoms with Gasteiger partial charge in [-0.05, 0) is 25.2 Å². The van der Waals surface area contributed by atoms with Crippen molar-refractivity contribution in [2.45, 2.75) is 26.2 Å². The van der Waals surface area contributed by atoms with Crippen LogP contribution < -0.4 is 5.32 Å².